The Labute approximate surface area is 128 Å². The number of amides is 1. The van der Waals surface area contributed by atoms with E-state index in [0.717, 1.165) is 25.0 Å². The van der Waals surface area contributed by atoms with Gasteiger partial charge in [0.15, 0.2) is 5.82 Å². The van der Waals surface area contributed by atoms with Gasteiger partial charge in [-0.1, -0.05) is 0 Å². The predicted octanol–water partition coefficient (Wildman–Crippen LogP) is -0.0497. The van der Waals surface area contributed by atoms with Crippen LogP contribution in [0.4, 0.5) is 15.8 Å². The van der Waals surface area contributed by atoms with Crippen LogP contribution >= 0.6 is 0 Å². The first-order chi connectivity index (χ1) is 10.3. The quantitative estimate of drug-likeness (QED) is 0.705. The molecule has 2 aliphatic rings. The number of phenolic OH excluding ortho intramolecular Hbond substituents is 1. The summed E-state index contributed by atoms with van der Waals surface area (Å²) in [6.07, 6.45) is 1.62. The van der Waals surface area contributed by atoms with Crippen molar-refractivity contribution in [2.45, 2.75) is 18.1 Å². The number of carbonyl (C=O) groups excluding carboxylic acids is 1. The normalized spacial score (nSPS) is 21.5. The molecule has 1 unspecified atom stereocenters. The molecule has 1 atom stereocenters. The summed E-state index contributed by atoms with van der Waals surface area (Å²) in [5.74, 6) is -2.54. The zero-order chi connectivity index (χ0) is 16.1. The van der Waals surface area contributed by atoms with Crippen molar-refractivity contribution >= 4 is 38.5 Å². The van der Waals surface area contributed by atoms with Gasteiger partial charge >= 0.3 is 10.2 Å². The summed E-state index contributed by atoms with van der Waals surface area (Å²) in [5.41, 5.74) is -0.555. The molecule has 3 N–H and O–H groups in total. The molecular weight excluding hydrogens is 337 g/mol. The minimum Gasteiger partial charge on any atom is -0.506 e. The first-order valence-corrected chi connectivity index (χ1v) is 8.96. The van der Waals surface area contributed by atoms with E-state index in [2.05, 4.69) is 4.72 Å². The van der Waals surface area contributed by atoms with E-state index in [4.69, 9.17) is 0 Å². The van der Waals surface area contributed by atoms with Gasteiger partial charge in [-0.05, 0) is 12.8 Å². The van der Waals surface area contributed by atoms with E-state index in [1.807, 2.05) is 0 Å². The van der Waals surface area contributed by atoms with E-state index < -0.39 is 50.9 Å². The van der Waals surface area contributed by atoms with Crippen molar-refractivity contribution in [3.63, 3.8) is 0 Å². The summed E-state index contributed by atoms with van der Waals surface area (Å²) < 4.78 is 53.9. The van der Waals surface area contributed by atoms with Crippen molar-refractivity contribution in [2.75, 3.05) is 15.6 Å². The summed E-state index contributed by atoms with van der Waals surface area (Å²) in [6.45, 7) is -0.617. The van der Waals surface area contributed by atoms with Crippen molar-refractivity contribution < 1.29 is 26.9 Å². The van der Waals surface area contributed by atoms with Gasteiger partial charge in [-0.3, -0.25) is 4.79 Å². The third-order valence-corrected chi connectivity index (χ3v) is 6.05. The van der Waals surface area contributed by atoms with Gasteiger partial charge in [-0.2, -0.15) is 8.42 Å². The molecule has 1 aromatic rings. The molecular formula is C11H12FN3O5S2. The molecule has 0 spiro atoms. The molecule has 8 nitrogen and oxygen atoms in total. The topological polar surface area (TPSA) is 116 Å². The van der Waals surface area contributed by atoms with Gasteiger partial charge in [0.2, 0.25) is 0 Å². The molecule has 0 aromatic heterocycles. The molecule has 1 aliphatic heterocycles. The molecule has 120 valence electrons. The third kappa shape index (κ3) is 2.73. The molecule has 0 bridgehead atoms. The molecule has 3 rings (SSSR count). The SMILES string of the molecule is O=C1CN(c2c(O)cc(NS(=O)C3CC3)cc2F)S(=O)(=O)N1. The van der Waals surface area contributed by atoms with Gasteiger partial charge in [0.25, 0.3) is 5.91 Å². The molecule has 2 fully saturated rings. The second kappa shape index (κ2) is 5.09. The zero-order valence-electron chi connectivity index (χ0n) is 11.1. The number of nitrogens with zero attached hydrogens (tertiary/aromatic N) is 1. The van der Waals surface area contributed by atoms with E-state index >= 15 is 0 Å². The smallest absolute Gasteiger partial charge is 0.326 e. The lowest BCUT2D eigenvalue weighted by atomic mass is 10.2. The number of hydrogen-bond donors (Lipinski definition) is 3. The van der Waals surface area contributed by atoms with E-state index in [1.165, 1.54) is 0 Å². The van der Waals surface area contributed by atoms with Gasteiger partial charge in [-0.15, -0.1) is 0 Å². The van der Waals surface area contributed by atoms with Crippen molar-refractivity contribution in [3.8, 4) is 5.75 Å². The van der Waals surface area contributed by atoms with Gasteiger partial charge in [0, 0.05) is 12.1 Å². The minimum absolute atomic E-state index is 0.00524. The first kappa shape index (κ1) is 15.0. The average Bonchev–Trinajstić information content (AvgIpc) is 3.16. The van der Waals surface area contributed by atoms with Crippen molar-refractivity contribution in [1.82, 2.24) is 4.72 Å². The number of aromatic hydroxyl groups is 1. The van der Waals surface area contributed by atoms with Crippen LogP contribution in [0.1, 0.15) is 12.8 Å². The monoisotopic (exact) mass is 349 g/mol. The summed E-state index contributed by atoms with van der Waals surface area (Å²) in [7, 11) is -5.60. The fraction of sp³-hybridized carbons (Fsp3) is 0.364. The first-order valence-electron chi connectivity index (χ1n) is 6.31. The molecule has 1 amide bonds. The Bertz CT molecular complexity index is 755. The number of benzene rings is 1. The summed E-state index contributed by atoms with van der Waals surface area (Å²) in [4.78, 5) is 11.2. The number of rotatable bonds is 4. The largest absolute Gasteiger partial charge is 0.506 e. The number of carbonyl (C=O) groups is 1. The van der Waals surface area contributed by atoms with Crippen LogP contribution in [-0.4, -0.2) is 35.4 Å². The standard InChI is InChI=1S/C11H12FN3O5S2/c12-8-3-6(13-21(18)7-1-2-7)4-9(16)11(8)15-5-10(17)14-22(15,19)20/h3-4,7,13,16H,1-2,5H2,(H,14,17). The van der Waals surface area contributed by atoms with Gasteiger partial charge in [-0.25, -0.2) is 17.6 Å². The highest BCUT2D eigenvalue weighted by Gasteiger charge is 2.37. The molecule has 1 aliphatic carbocycles. The van der Waals surface area contributed by atoms with Crippen LogP contribution < -0.4 is 13.7 Å². The predicted molar refractivity (Wildman–Crippen MR) is 77.3 cm³/mol. The Morgan fingerprint density at radius 2 is 2.09 bits per heavy atom. The van der Waals surface area contributed by atoms with Crippen molar-refractivity contribution in [1.29, 1.82) is 0 Å². The number of halogens is 1. The number of anilines is 2. The Balaban J connectivity index is 1.93. The van der Waals surface area contributed by atoms with Crippen LogP contribution in [0.3, 0.4) is 0 Å². The number of hydrogen-bond acceptors (Lipinski definition) is 5. The highest BCUT2D eigenvalue weighted by molar-refractivity contribution is 7.92. The molecule has 1 aromatic carbocycles. The molecule has 1 heterocycles. The van der Waals surface area contributed by atoms with E-state index in [1.54, 1.807) is 4.72 Å². The fourth-order valence-electron chi connectivity index (χ4n) is 2.02. The van der Waals surface area contributed by atoms with Gasteiger partial charge in [0.1, 0.15) is 29.0 Å². The lowest BCUT2D eigenvalue weighted by Crippen LogP contribution is -2.30. The fourth-order valence-corrected chi connectivity index (χ4v) is 4.27. The van der Waals surface area contributed by atoms with Gasteiger partial charge < -0.3 is 9.83 Å². The number of phenols is 1. The lowest BCUT2D eigenvalue weighted by molar-refractivity contribution is -0.117. The highest BCUT2D eigenvalue weighted by Crippen LogP contribution is 2.36. The summed E-state index contributed by atoms with van der Waals surface area (Å²) in [5, 5.41) is 9.90. The van der Waals surface area contributed by atoms with Crippen LogP contribution in [0.25, 0.3) is 0 Å². The van der Waals surface area contributed by atoms with E-state index in [0.29, 0.717) is 4.31 Å². The maximum atomic E-state index is 14.2. The zero-order valence-corrected chi connectivity index (χ0v) is 12.7. The van der Waals surface area contributed by atoms with Crippen LogP contribution in [0.5, 0.6) is 5.75 Å². The Morgan fingerprint density at radius 3 is 2.59 bits per heavy atom. The van der Waals surface area contributed by atoms with Crippen molar-refractivity contribution in [3.05, 3.63) is 17.9 Å². The second-order valence-corrected chi connectivity index (χ2v) is 8.02. The molecule has 1 saturated heterocycles. The van der Waals surface area contributed by atoms with Crippen LogP contribution in [-0.2, 0) is 26.0 Å². The second-order valence-electron chi connectivity index (χ2n) is 4.96. The molecule has 0 radical (unpaired) electrons. The van der Waals surface area contributed by atoms with Crippen molar-refractivity contribution in [2.24, 2.45) is 0 Å². The Morgan fingerprint density at radius 1 is 1.41 bits per heavy atom. The van der Waals surface area contributed by atoms with Crippen LogP contribution in [0.2, 0.25) is 0 Å². The Kier molecular flexibility index (Phi) is 3.48. The molecule has 11 heteroatoms. The Hall–Kier alpha value is -1.88. The lowest BCUT2D eigenvalue weighted by Gasteiger charge is -2.18. The molecule has 1 saturated carbocycles. The van der Waals surface area contributed by atoms with E-state index in [9.17, 15) is 26.9 Å². The maximum Gasteiger partial charge on any atom is 0.326 e. The van der Waals surface area contributed by atoms with Crippen LogP contribution in [0, 0.1) is 5.82 Å². The maximum absolute atomic E-state index is 14.2. The summed E-state index contributed by atoms with van der Waals surface area (Å²) in [6, 6.07) is 1.99. The highest BCUT2D eigenvalue weighted by atomic mass is 32.2. The van der Waals surface area contributed by atoms with E-state index in [-0.39, 0.29) is 10.9 Å². The van der Waals surface area contributed by atoms with Gasteiger partial charge in [0.05, 0.1) is 10.9 Å². The average molecular weight is 349 g/mol. The molecule has 22 heavy (non-hydrogen) atoms. The third-order valence-electron chi connectivity index (χ3n) is 3.16. The minimum atomic E-state index is -4.22. The van der Waals surface area contributed by atoms with Crippen LogP contribution in [0.15, 0.2) is 12.1 Å². The number of nitrogens with one attached hydrogen (secondary N) is 2. The summed E-state index contributed by atoms with van der Waals surface area (Å²) >= 11 is 0.